The van der Waals surface area contributed by atoms with Crippen LogP contribution in [0.3, 0.4) is 0 Å². The third-order valence-corrected chi connectivity index (χ3v) is 7.27. The molecule has 0 atom stereocenters. The average Bonchev–Trinajstić information content (AvgIpc) is 3.32. The van der Waals surface area contributed by atoms with E-state index in [1.54, 1.807) is 0 Å². The van der Waals surface area contributed by atoms with Gasteiger partial charge in [0, 0.05) is 28.3 Å². The van der Waals surface area contributed by atoms with Crippen molar-refractivity contribution in [3.05, 3.63) is 83.7 Å². The van der Waals surface area contributed by atoms with Crippen LogP contribution >= 0.6 is 0 Å². The topological polar surface area (TPSA) is 65.2 Å². The largest absolute Gasteiger partial charge is 0.470 e. The molecule has 2 bridgehead atoms. The van der Waals surface area contributed by atoms with Crippen molar-refractivity contribution in [2.45, 2.75) is 44.1 Å². The molecule has 0 amide bonds. The molecule has 0 radical (unpaired) electrons. The minimum atomic E-state index is 0.381. The van der Waals surface area contributed by atoms with E-state index in [1.165, 1.54) is 42.2 Å². The van der Waals surface area contributed by atoms with Crippen molar-refractivity contribution in [3.8, 4) is 17.3 Å². The molecule has 2 aromatic carbocycles. The van der Waals surface area contributed by atoms with Crippen LogP contribution in [0.15, 0.2) is 66.9 Å². The Balaban J connectivity index is 1.37. The highest BCUT2D eigenvalue weighted by Gasteiger charge is 2.39. The first-order valence-corrected chi connectivity index (χ1v) is 11.7. The first-order valence-electron chi connectivity index (χ1n) is 11.7. The van der Waals surface area contributed by atoms with Gasteiger partial charge in [-0.3, -0.25) is 4.98 Å². The SMILES string of the molecule is c1ccc(-c2nnc3c4c(c(OCc5nccc6ccccc56)nn23)C2CCC4CC2)cc1. The molecular formula is C27H23N5O. The van der Waals surface area contributed by atoms with E-state index < -0.39 is 0 Å². The number of nitrogens with zero attached hydrogens (tertiary/aromatic N) is 5. The second kappa shape index (κ2) is 7.37. The zero-order chi connectivity index (χ0) is 21.8. The van der Waals surface area contributed by atoms with Gasteiger partial charge in [0.1, 0.15) is 6.61 Å². The Morgan fingerprint density at radius 2 is 1.58 bits per heavy atom. The number of fused-ring (bicyclic) bond motifs is 4. The number of hydrogen-bond donors (Lipinski definition) is 0. The Labute approximate surface area is 191 Å². The van der Waals surface area contributed by atoms with Gasteiger partial charge >= 0.3 is 0 Å². The summed E-state index contributed by atoms with van der Waals surface area (Å²) in [6.45, 7) is 0.381. The van der Waals surface area contributed by atoms with Crippen molar-refractivity contribution in [3.63, 3.8) is 0 Å². The summed E-state index contributed by atoms with van der Waals surface area (Å²) in [5.74, 6) is 2.44. The van der Waals surface area contributed by atoms with Crippen LogP contribution in [-0.2, 0) is 6.61 Å². The van der Waals surface area contributed by atoms with Gasteiger partial charge < -0.3 is 4.74 Å². The lowest BCUT2D eigenvalue weighted by Gasteiger charge is -2.38. The van der Waals surface area contributed by atoms with E-state index in [0.29, 0.717) is 24.3 Å². The van der Waals surface area contributed by atoms with Crippen LogP contribution in [0.2, 0.25) is 0 Å². The maximum Gasteiger partial charge on any atom is 0.236 e. The number of benzene rings is 2. The fourth-order valence-electron chi connectivity index (χ4n) is 5.70. The second-order valence-corrected chi connectivity index (χ2v) is 9.07. The van der Waals surface area contributed by atoms with Crippen LogP contribution in [0, 0.1) is 0 Å². The van der Waals surface area contributed by atoms with Gasteiger partial charge in [0.2, 0.25) is 5.88 Å². The normalized spacial score (nSPS) is 19.2. The molecule has 5 aromatic rings. The standard InChI is InChI=1S/C27H23N5O/c1-2-7-20(8-3-1)25-29-30-26-23-18-10-12-19(13-11-18)24(23)27(31-32(25)26)33-16-22-21-9-5-4-6-17(21)14-15-28-22/h1-9,14-15,18-19H,10-13,16H2. The molecule has 8 rings (SSSR count). The van der Waals surface area contributed by atoms with Crippen LogP contribution in [0.1, 0.15) is 54.3 Å². The lowest BCUT2D eigenvalue weighted by molar-refractivity contribution is 0.266. The zero-order valence-electron chi connectivity index (χ0n) is 18.2. The molecule has 0 saturated heterocycles. The lowest BCUT2D eigenvalue weighted by atomic mass is 9.67. The highest BCUT2D eigenvalue weighted by Crippen LogP contribution is 2.53. The first-order chi connectivity index (χ1) is 16.4. The van der Waals surface area contributed by atoms with Crippen molar-refractivity contribution in [2.24, 2.45) is 0 Å². The van der Waals surface area contributed by atoms with Gasteiger partial charge in [-0.1, -0.05) is 54.6 Å². The van der Waals surface area contributed by atoms with Crippen LogP contribution in [-0.4, -0.2) is 24.8 Å². The molecule has 0 spiro atoms. The molecule has 1 saturated carbocycles. The molecule has 3 heterocycles. The predicted octanol–water partition coefficient (Wildman–Crippen LogP) is 5.67. The highest BCUT2D eigenvalue weighted by molar-refractivity contribution is 5.84. The minimum Gasteiger partial charge on any atom is -0.470 e. The minimum absolute atomic E-state index is 0.381. The van der Waals surface area contributed by atoms with Gasteiger partial charge in [-0.25, -0.2) is 0 Å². The van der Waals surface area contributed by atoms with Crippen LogP contribution in [0.25, 0.3) is 27.8 Å². The molecule has 3 aromatic heterocycles. The van der Waals surface area contributed by atoms with Gasteiger partial charge in [0.05, 0.1) is 5.69 Å². The molecule has 0 aliphatic heterocycles. The monoisotopic (exact) mass is 433 g/mol. The van der Waals surface area contributed by atoms with Crippen LogP contribution < -0.4 is 4.74 Å². The Morgan fingerprint density at radius 3 is 2.42 bits per heavy atom. The first kappa shape index (κ1) is 18.7. The molecule has 0 unspecified atom stereocenters. The third-order valence-electron chi connectivity index (χ3n) is 7.27. The van der Waals surface area contributed by atoms with E-state index in [9.17, 15) is 0 Å². The van der Waals surface area contributed by atoms with E-state index in [2.05, 4.69) is 27.3 Å². The summed E-state index contributed by atoms with van der Waals surface area (Å²) in [5.41, 5.74) is 5.35. The number of rotatable bonds is 4. The predicted molar refractivity (Wildman–Crippen MR) is 126 cm³/mol. The number of pyridine rings is 1. The summed E-state index contributed by atoms with van der Waals surface area (Å²) >= 11 is 0. The smallest absolute Gasteiger partial charge is 0.236 e. The molecule has 3 aliphatic rings. The second-order valence-electron chi connectivity index (χ2n) is 9.07. The van der Waals surface area contributed by atoms with Crippen molar-refractivity contribution >= 4 is 16.4 Å². The summed E-state index contributed by atoms with van der Waals surface area (Å²) < 4.78 is 8.36. The fraction of sp³-hybridized carbons (Fsp3) is 0.259. The Morgan fingerprint density at radius 1 is 0.818 bits per heavy atom. The lowest BCUT2D eigenvalue weighted by Crippen LogP contribution is -2.25. The molecule has 0 N–H and O–H groups in total. The zero-order valence-corrected chi connectivity index (χ0v) is 18.2. The quantitative estimate of drug-likeness (QED) is 0.365. The summed E-state index contributed by atoms with van der Waals surface area (Å²) in [4.78, 5) is 4.62. The van der Waals surface area contributed by atoms with Crippen molar-refractivity contribution in [1.82, 2.24) is 24.8 Å². The van der Waals surface area contributed by atoms with E-state index in [4.69, 9.17) is 9.84 Å². The Hall–Kier alpha value is -3.80. The van der Waals surface area contributed by atoms with Crippen molar-refractivity contribution in [2.75, 3.05) is 0 Å². The van der Waals surface area contributed by atoms with Gasteiger partial charge in [0.15, 0.2) is 11.5 Å². The van der Waals surface area contributed by atoms with Gasteiger partial charge in [-0.15, -0.1) is 15.3 Å². The van der Waals surface area contributed by atoms with Crippen LogP contribution in [0.4, 0.5) is 0 Å². The third kappa shape index (κ3) is 2.94. The molecule has 1 fully saturated rings. The summed E-state index contributed by atoms with van der Waals surface area (Å²) in [6.07, 6.45) is 6.64. The van der Waals surface area contributed by atoms with E-state index in [0.717, 1.165) is 28.1 Å². The van der Waals surface area contributed by atoms with E-state index >= 15 is 0 Å². The maximum atomic E-state index is 6.47. The Bertz CT molecular complexity index is 1480. The summed E-state index contributed by atoms with van der Waals surface area (Å²) in [6, 6.07) is 20.5. The number of hydrogen-bond acceptors (Lipinski definition) is 5. The summed E-state index contributed by atoms with van der Waals surface area (Å²) in [5, 5.41) is 16.4. The van der Waals surface area contributed by atoms with Crippen molar-refractivity contribution in [1.29, 1.82) is 0 Å². The van der Waals surface area contributed by atoms with Crippen LogP contribution in [0.5, 0.6) is 5.88 Å². The molecular weight excluding hydrogens is 410 g/mol. The average molecular weight is 434 g/mol. The highest BCUT2D eigenvalue weighted by atomic mass is 16.5. The molecule has 162 valence electrons. The molecule has 33 heavy (non-hydrogen) atoms. The number of ether oxygens (including phenoxy) is 1. The van der Waals surface area contributed by atoms with Crippen molar-refractivity contribution < 1.29 is 4.74 Å². The molecule has 6 nitrogen and oxygen atoms in total. The Kier molecular flexibility index (Phi) is 4.19. The van der Waals surface area contributed by atoms with E-state index in [-0.39, 0.29) is 0 Å². The summed E-state index contributed by atoms with van der Waals surface area (Å²) in [7, 11) is 0. The number of aromatic nitrogens is 5. The maximum absolute atomic E-state index is 6.47. The van der Waals surface area contributed by atoms with Gasteiger partial charge in [0.25, 0.3) is 0 Å². The molecule has 6 heteroatoms. The van der Waals surface area contributed by atoms with Gasteiger partial charge in [-0.2, -0.15) is 4.52 Å². The molecule has 3 aliphatic carbocycles. The van der Waals surface area contributed by atoms with Gasteiger partial charge in [-0.05, 0) is 49.0 Å². The van der Waals surface area contributed by atoms with E-state index in [1.807, 2.05) is 59.2 Å². The fourth-order valence-corrected chi connectivity index (χ4v) is 5.70.